The Hall–Kier alpha value is -5.49. The minimum Gasteiger partial charge on any atom is -0.383 e. The lowest BCUT2D eigenvalue weighted by atomic mass is 9.92. The lowest BCUT2D eigenvalue weighted by molar-refractivity contribution is -0.182. The highest BCUT2D eigenvalue weighted by Crippen LogP contribution is 2.55. The molecule has 1 aliphatic carbocycles. The van der Waals surface area contributed by atoms with Crippen molar-refractivity contribution in [1.29, 1.82) is 10.5 Å². The molecule has 1 fully saturated rings. The fraction of sp³-hybridized carbons (Fsp3) is 0.314. The molecule has 1 aliphatic rings. The molecule has 1 atom stereocenters. The molecule has 0 unspecified atom stereocenters. The van der Waals surface area contributed by atoms with Gasteiger partial charge in [0, 0.05) is 41.8 Å². The van der Waals surface area contributed by atoms with Gasteiger partial charge in [-0.2, -0.15) is 23.7 Å². The predicted octanol–water partition coefficient (Wildman–Crippen LogP) is 7.65. The molecule has 2 N–H and O–H groups in total. The largest absolute Gasteiger partial charge is 0.413 e. The van der Waals surface area contributed by atoms with Crippen LogP contribution in [-0.2, 0) is 5.54 Å². The van der Waals surface area contributed by atoms with E-state index in [2.05, 4.69) is 63.8 Å². The summed E-state index contributed by atoms with van der Waals surface area (Å²) in [4.78, 5) is 8.68. The lowest BCUT2D eigenvalue weighted by Crippen LogP contribution is -2.35. The molecule has 3 heterocycles. The summed E-state index contributed by atoms with van der Waals surface area (Å²) in [5, 5.41) is 35.7. The van der Waals surface area contributed by atoms with Crippen molar-refractivity contribution in [3.05, 3.63) is 95.2 Å². The van der Waals surface area contributed by atoms with Gasteiger partial charge in [-0.15, -0.1) is 5.10 Å². The van der Waals surface area contributed by atoms with Crippen molar-refractivity contribution >= 4 is 22.3 Å². The molecule has 12 heteroatoms. The zero-order chi connectivity index (χ0) is 33.6. The van der Waals surface area contributed by atoms with Crippen molar-refractivity contribution in [2.75, 3.05) is 17.2 Å². The van der Waals surface area contributed by atoms with E-state index in [4.69, 9.17) is 0 Å². The van der Waals surface area contributed by atoms with Crippen molar-refractivity contribution in [3.63, 3.8) is 0 Å². The molecule has 0 radical (unpaired) electrons. The maximum Gasteiger partial charge on any atom is 0.413 e. The Morgan fingerprint density at radius 2 is 1.79 bits per heavy atom. The minimum absolute atomic E-state index is 0.0678. The van der Waals surface area contributed by atoms with Crippen LogP contribution in [0.25, 0.3) is 22.0 Å². The molecular formula is C35H32F3N9. The summed E-state index contributed by atoms with van der Waals surface area (Å²) in [5.74, 6) is 0. The molecular weight excluding hydrogens is 603 g/mol. The summed E-state index contributed by atoms with van der Waals surface area (Å²) in [6.45, 7) is 8.68. The van der Waals surface area contributed by atoms with E-state index in [9.17, 15) is 23.7 Å². The third kappa shape index (κ3) is 5.95. The summed E-state index contributed by atoms with van der Waals surface area (Å²) in [7, 11) is 0. The summed E-state index contributed by atoms with van der Waals surface area (Å²) in [5.41, 5.74) is 3.55. The number of nitriles is 2. The molecule has 0 bridgehead atoms. The van der Waals surface area contributed by atoms with Gasteiger partial charge < -0.3 is 10.6 Å². The quantitative estimate of drug-likeness (QED) is 0.178. The highest BCUT2D eigenvalue weighted by atomic mass is 19.4. The summed E-state index contributed by atoms with van der Waals surface area (Å²) >= 11 is 0. The second kappa shape index (κ2) is 11.7. The molecule has 6 rings (SSSR count). The lowest BCUT2D eigenvalue weighted by Gasteiger charge is -2.24. The molecule has 2 aromatic carbocycles. The van der Waals surface area contributed by atoms with Gasteiger partial charge in [-0.25, -0.2) is 4.68 Å². The Labute approximate surface area is 270 Å². The van der Waals surface area contributed by atoms with E-state index in [-0.39, 0.29) is 29.5 Å². The van der Waals surface area contributed by atoms with Gasteiger partial charge in [0.2, 0.25) is 0 Å². The van der Waals surface area contributed by atoms with Crippen molar-refractivity contribution in [2.45, 2.75) is 58.3 Å². The maximum absolute atomic E-state index is 14.1. The number of hydrogen-bond acceptors (Lipinski definition) is 8. The van der Waals surface area contributed by atoms with Gasteiger partial charge in [0.1, 0.15) is 17.8 Å². The van der Waals surface area contributed by atoms with Gasteiger partial charge in [0.15, 0.2) is 5.54 Å². The van der Waals surface area contributed by atoms with E-state index >= 15 is 0 Å². The van der Waals surface area contributed by atoms with Crippen LogP contribution in [0.5, 0.6) is 0 Å². The highest BCUT2D eigenvalue weighted by molar-refractivity contribution is 5.99. The standard InChI is InChI=1S/C35H32F3N9/c1-21-26(22-7-6-12-41-17-22)8-5-9-27(21)32(29-19-47(46-45-29)34(10-11-34)35(36,37)38)44-25-13-23(15-39)30-28(14-25)31(24(16-40)18-42-30)43-20-33(2,3)4/h5-9,12-14,17-19,32,44H,10-11,20H2,1-4H3,(H,42,43)/t32-/m0/s1. The summed E-state index contributed by atoms with van der Waals surface area (Å²) in [6, 6.07) is 16.6. The number of anilines is 2. The number of benzene rings is 2. The van der Waals surface area contributed by atoms with E-state index in [0.717, 1.165) is 26.9 Å². The van der Waals surface area contributed by atoms with Gasteiger partial charge in [-0.3, -0.25) is 9.97 Å². The SMILES string of the molecule is Cc1c(-c2cccnc2)cccc1[C@H](Nc1cc(C#N)c2ncc(C#N)c(NCC(C)(C)C)c2c1)c1cn(C2(C(F)(F)F)CC2)nn1. The Morgan fingerprint density at radius 3 is 2.43 bits per heavy atom. The fourth-order valence-corrected chi connectivity index (χ4v) is 5.76. The second-order valence-electron chi connectivity index (χ2n) is 13.1. The number of fused-ring (bicyclic) bond motifs is 1. The molecule has 238 valence electrons. The smallest absolute Gasteiger partial charge is 0.383 e. The third-order valence-electron chi connectivity index (χ3n) is 8.47. The first-order chi connectivity index (χ1) is 22.3. The van der Waals surface area contributed by atoms with Gasteiger partial charge >= 0.3 is 6.18 Å². The Morgan fingerprint density at radius 1 is 1.02 bits per heavy atom. The Bertz CT molecular complexity index is 2040. The molecule has 9 nitrogen and oxygen atoms in total. The van der Waals surface area contributed by atoms with Crippen LogP contribution in [0.1, 0.15) is 67.6 Å². The molecule has 1 saturated carbocycles. The van der Waals surface area contributed by atoms with E-state index in [1.165, 1.54) is 12.4 Å². The number of alkyl halides is 3. The van der Waals surface area contributed by atoms with Gasteiger partial charge in [-0.1, -0.05) is 50.3 Å². The minimum atomic E-state index is -4.47. The monoisotopic (exact) mass is 635 g/mol. The number of pyridine rings is 2. The van der Waals surface area contributed by atoms with Crippen LogP contribution >= 0.6 is 0 Å². The van der Waals surface area contributed by atoms with Crippen molar-refractivity contribution < 1.29 is 13.2 Å². The van der Waals surface area contributed by atoms with Gasteiger partial charge in [-0.05, 0) is 60.1 Å². The number of nitrogens with zero attached hydrogens (tertiary/aromatic N) is 7. The molecule has 5 aromatic rings. The normalized spacial score (nSPS) is 14.7. The Kier molecular flexibility index (Phi) is 7.84. The van der Waals surface area contributed by atoms with Crippen LogP contribution in [-0.4, -0.2) is 37.7 Å². The van der Waals surface area contributed by atoms with E-state index < -0.39 is 17.8 Å². The number of halogens is 3. The molecule has 3 aromatic heterocycles. The second-order valence-corrected chi connectivity index (χ2v) is 13.1. The zero-order valence-electron chi connectivity index (χ0n) is 26.3. The summed E-state index contributed by atoms with van der Waals surface area (Å²) in [6.07, 6.45) is 1.63. The number of rotatable bonds is 8. The van der Waals surface area contributed by atoms with E-state index in [1.807, 2.05) is 37.3 Å². The zero-order valence-corrected chi connectivity index (χ0v) is 26.3. The highest BCUT2D eigenvalue weighted by Gasteiger charge is 2.66. The molecule has 47 heavy (non-hydrogen) atoms. The van der Waals surface area contributed by atoms with Crippen molar-refractivity contribution in [1.82, 2.24) is 25.0 Å². The average Bonchev–Trinajstić information content (AvgIpc) is 3.73. The predicted molar refractivity (Wildman–Crippen MR) is 172 cm³/mol. The summed E-state index contributed by atoms with van der Waals surface area (Å²) < 4.78 is 43.1. The van der Waals surface area contributed by atoms with Crippen molar-refractivity contribution in [2.24, 2.45) is 5.41 Å². The molecule has 0 spiro atoms. The van der Waals surface area contributed by atoms with Crippen LogP contribution in [0.4, 0.5) is 24.5 Å². The van der Waals surface area contributed by atoms with Crippen LogP contribution in [0.3, 0.4) is 0 Å². The first-order valence-corrected chi connectivity index (χ1v) is 15.1. The number of aromatic nitrogens is 5. The first kappa shape index (κ1) is 31.5. The van der Waals surface area contributed by atoms with Gasteiger partial charge in [0.25, 0.3) is 0 Å². The van der Waals surface area contributed by atoms with Crippen LogP contribution in [0.15, 0.2) is 67.3 Å². The maximum atomic E-state index is 14.1. The molecule has 0 saturated heterocycles. The fourth-order valence-electron chi connectivity index (χ4n) is 5.76. The molecule has 0 amide bonds. The van der Waals surface area contributed by atoms with Crippen LogP contribution < -0.4 is 10.6 Å². The van der Waals surface area contributed by atoms with Crippen LogP contribution in [0, 0.1) is 35.0 Å². The number of nitrogens with one attached hydrogen (secondary N) is 2. The Balaban J connectivity index is 1.51. The third-order valence-corrected chi connectivity index (χ3v) is 8.47. The van der Waals surface area contributed by atoms with Crippen molar-refractivity contribution in [3.8, 4) is 23.3 Å². The number of hydrogen-bond donors (Lipinski definition) is 2. The van der Waals surface area contributed by atoms with Gasteiger partial charge in [0.05, 0.1) is 34.6 Å². The first-order valence-electron chi connectivity index (χ1n) is 15.1. The molecule has 0 aliphatic heterocycles. The average molecular weight is 636 g/mol. The van der Waals surface area contributed by atoms with E-state index in [1.54, 1.807) is 24.5 Å². The van der Waals surface area contributed by atoms with Crippen LogP contribution in [0.2, 0.25) is 0 Å². The topological polar surface area (TPSA) is 128 Å². The van der Waals surface area contributed by atoms with E-state index in [0.29, 0.717) is 34.4 Å².